The van der Waals surface area contributed by atoms with E-state index >= 15 is 0 Å². The normalized spacial score (nSPS) is 14.0. The lowest BCUT2D eigenvalue weighted by atomic mass is 9.84. The van der Waals surface area contributed by atoms with Gasteiger partial charge in [-0.1, -0.05) is 6.07 Å². The molecular formula is C21H24BN7O2. The number of methoxy groups -OCH3 is 1. The predicted octanol–water partition coefficient (Wildman–Crippen LogP) is 0.836. The molecule has 0 saturated heterocycles. The molecule has 0 fully saturated rings. The second-order valence-corrected chi connectivity index (χ2v) is 7.71. The monoisotopic (exact) mass is 417 g/mol. The Hall–Kier alpha value is -3.53. The molecular weight excluding hydrogens is 393 g/mol. The van der Waals surface area contributed by atoms with E-state index in [-0.39, 0.29) is 0 Å². The Morgan fingerprint density at radius 1 is 1.29 bits per heavy atom. The molecule has 31 heavy (non-hydrogen) atoms. The fraction of sp³-hybridized carbons (Fsp3) is 0.286. The Morgan fingerprint density at radius 3 is 3.00 bits per heavy atom. The van der Waals surface area contributed by atoms with Crippen molar-refractivity contribution in [2.24, 2.45) is 0 Å². The highest BCUT2D eigenvalue weighted by Crippen LogP contribution is 2.25. The van der Waals surface area contributed by atoms with E-state index in [1.54, 1.807) is 25.6 Å². The highest BCUT2D eigenvalue weighted by atomic mass is 16.5. The number of aromatic nitrogens is 5. The summed E-state index contributed by atoms with van der Waals surface area (Å²) in [5.74, 6) is 3.18. The Morgan fingerprint density at radius 2 is 2.19 bits per heavy atom. The van der Waals surface area contributed by atoms with Crippen LogP contribution in [0.3, 0.4) is 0 Å². The van der Waals surface area contributed by atoms with Crippen LogP contribution < -0.4 is 15.9 Å². The van der Waals surface area contributed by atoms with Crippen LogP contribution in [0.4, 0.5) is 5.82 Å². The first-order valence-corrected chi connectivity index (χ1v) is 10.3. The van der Waals surface area contributed by atoms with E-state index in [0.29, 0.717) is 29.8 Å². The van der Waals surface area contributed by atoms with Crippen LogP contribution in [0.1, 0.15) is 11.1 Å². The Kier molecular flexibility index (Phi) is 4.99. The Bertz CT molecular complexity index is 1200. The maximum Gasteiger partial charge on any atom is 0.217 e. The number of anilines is 1. The van der Waals surface area contributed by atoms with Crippen molar-refractivity contribution >= 4 is 19.1 Å². The molecule has 9 nitrogen and oxygen atoms in total. The highest BCUT2D eigenvalue weighted by molar-refractivity contribution is 6.35. The maximum atomic E-state index is 6.37. The van der Waals surface area contributed by atoms with Gasteiger partial charge in [-0.3, -0.25) is 10.00 Å². The lowest BCUT2D eigenvalue weighted by molar-refractivity contribution is 0.241. The van der Waals surface area contributed by atoms with Crippen LogP contribution in [0.25, 0.3) is 23.0 Å². The topological polar surface area (TPSA) is 111 Å². The van der Waals surface area contributed by atoms with Crippen molar-refractivity contribution in [1.29, 1.82) is 0 Å². The van der Waals surface area contributed by atoms with Gasteiger partial charge in [-0.25, -0.2) is 9.67 Å². The van der Waals surface area contributed by atoms with Gasteiger partial charge in [-0.15, -0.1) is 5.10 Å². The summed E-state index contributed by atoms with van der Waals surface area (Å²) in [6.07, 6.45) is 4.35. The zero-order valence-electron chi connectivity index (χ0n) is 17.6. The summed E-state index contributed by atoms with van der Waals surface area (Å²) >= 11 is 0. The molecule has 0 radical (unpaired) electrons. The molecule has 3 aromatic heterocycles. The average Bonchev–Trinajstić information content (AvgIpc) is 3.54. The van der Waals surface area contributed by atoms with Gasteiger partial charge >= 0.3 is 0 Å². The molecule has 158 valence electrons. The number of hydrogen-bond donors (Lipinski definition) is 2. The summed E-state index contributed by atoms with van der Waals surface area (Å²) in [7, 11) is 3.85. The number of nitrogens with zero attached hydrogens (tertiary/aromatic N) is 5. The van der Waals surface area contributed by atoms with Gasteiger partial charge in [0.1, 0.15) is 19.4 Å². The molecule has 10 heteroatoms. The first kappa shape index (κ1) is 19.4. The average molecular weight is 417 g/mol. The first-order chi connectivity index (χ1) is 15.1. The minimum Gasteiger partial charge on any atom is -0.497 e. The van der Waals surface area contributed by atoms with E-state index in [0.717, 1.165) is 37.4 Å². The number of aromatic amines is 1. The van der Waals surface area contributed by atoms with Crippen molar-refractivity contribution in [2.75, 3.05) is 25.9 Å². The first-order valence-electron chi connectivity index (χ1n) is 10.3. The number of nitrogens with one attached hydrogen (secondary N) is 1. The molecule has 0 unspecified atom stereocenters. The number of hydrogen-bond acceptors (Lipinski definition) is 7. The van der Waals surface area contributed by atoms with E-state index in [2.05, 4.69) is 45.2 Å². The Balaban J connectivity index is 1.28. The van der Waals surface area contributed by atoms with Crippen molar-refractivity contribution in [3.63, 3.8) is 0 Å². The number of furan rings is 1. The number of H-pyrrole nitrogens is 1. The molecule has 0 amide bonds. The molecule has 0 spiro atoms. The SMILES string of the molecule is Bc1c(OC)ccc2c1CN(CCn1ncc(-c3nc(-c4ccco4)n[nH]3)c1N)CC2. The minimum absolute atomic E-state index is 0.491. The lowest BCUT2D eigenvalue weighted by Gasteiger charge is -2.30. The number of nitrogens with two attached hydrogens (primary N) is 1. The van der Waals surface area contributed by atoms with Crippen LogP contribution >= 0.6 is 0 Å². The summed E-state index contributed by atoms with van der Waals surface area (Å²) in [5.41, 5.74) is 11.1. The van der Waals surface area contributed by atoms with Crippen LogP contribution in [-0.2, 0) is 19.5 Å². The second kappa shape index (κ2) is 7.95. The van der Waals surface area contributed by atoms with E-state index < -0.39 is 0 Å². The second-order valence-electron chi connectivity index (χ2n) is 7.71. The molecule has 1 aliphatic rings. The van der Waals surface area contributed by atoms with E-state index in [1.165, 1.54) is 16.6 Å². The van der Waals surface area contributed by atoms with Crippen LogP contribution in [0.15, 0.2) is 41.1 Å². The predicted molar refractivity (Wildman–Crippen MR) is 120 cm³/mol. The third-order valence-electron chi connectivity index (χ3n) is 5.94. The van der Waals surface area contributed by atoms with Gasteiger partial charge in [0.15, 0.2) is 11.6 Å². The third-order valence-corrected chi connectivity index (χ3v) is 5.94. The Labute approximate surface area is 180 Å². The molecule has 1 aliphatic heterocycles. The van der Waals surface area contributed by atoms with Crippen molar-refractivity contribution in [3.8, 4) is 28.7 Å². The number of rotatable bonds is 6. The number of ether oxygens (including phenoxy) is 1. The van der Waals surface area contributed by atoms with Gasteiger partial charge in [0.05, 0.1) is 31.7 Å². The molecule has 3 N–H and O–H groups in total. The highest BCUT2D eigenvalue weighted by Gasteiger charge is 2.21. The summed E-state index contributed by atoms with van der Waals surface area (Å²) in [4.78, 5) is 6.91. The third kappa shape index (κ3) is 3.59. The maximum absolute atomic E-state index is 6.37. The quantitative estimate of drug-likeness (QED) is 0.447. The fourth-order valence-electron chi connectivity index (χ4n) is 4.13. The van der Waals surface area contributed by atoms with Crippen molar-refractivity contribution in [3.05, 3.63) is 47.9 Å². The largest absolute Gasteiger partial charge is 0.497 e. The number of fused-ring (bicyclic) bond motifs is 1. The van der Waals surface area contributed by atoms with Gasteiger partial charge in [0.2, 0.25) is 5.82 Å². The van der Waals surface area contributed by atoms with Crippen LogP contribution in [0, 0.1) is 0 Å². The van der Waals surface area contributed by atoms with Gasteiger partial charge in [-0.05, 0) is 41.2 Å². The van der Waals surface area contributed by atoms with Crippen molar-refractivity contribution < 1.29 is 9.15 Å². The number of benzene rings is 1. The van der Waals surface area contributed by atoms with Gasteiger partial charge in [-0.2, -0.15) is 5.10 Å². The fourth-order valence-corrected chi connectivity index (χ4v) is 4.13. The molecule has 0 bridgehead atoms. The minimum atomic E-state index is 0.491. The summed E-state index contributed by atoms with van der Waals surface area (Å²) in [6, 6.07) is 7.86. The van der Waals surface area contributed by atoms with Gasteiger partial charge in [0, 0.05) is 19.6 Å². The molecule has 4 aromatic rings. The molecule has 1 aromatic carbocycles. The molecule has 0 aliphatic carbocycles. The van der Waals surface area contributed by atoms with Crippen molar-refractivity contribution in [2.45, 2.75) is 19.5 Å². The van der Waals surface area contributed by atoms with Crippen LogP contribution in [-0.4, -0.2) is 57.9 Å². The van der Waals surface area contributed by atoms with E-state index in [4.69, 9.17) is 14.9 Å². The van der Waals surface area contributed by atoms with E-state index in [1.807, 2.05) is 10.7 Å². The molecule has 0 saturated carbocycles. The van der Waals surface area contributed by atoms with Crippen LogP contribution in [0.2, 0.25) is 0 Å². The summed E-state index contributed by atoms with van der Waals surface area (Å²) in [6.45, 7) is 3.47. The molecule has 0 atom stereocenters. The smallest absolute Gasteiger partial charge is 0.217 e. The number of nitrogen functional groups attached to an aromatic ring is 1. The molecule has 4 heterocycles. The van der Waals surface area contributed by atoms with Crippen LogP contribution in [0.5, 0.6) is 5.75 Å². The zero-order chi connectivity index (χ0) is 21.4. The van der Waals surface area contributed by atoms with Crippen molar-refractivity contribution in [1.82, 2.24) is 29.9 Å². The van der Waals surface area contributed by atoms with Gasteiger partial charge < -0.3 is 14.9 Å². The van der Waals surface area contributed by atoms with E-state index in [9.17, 15) is 0 Å². The van der Waals surface area contributed by atoms with Gasteiger partial charge in [0.25, 0.3) is 0 Å². The standard InChI is InChI=1S/C21H24BN7O2/c1-30-16-5-4-13-6-7-28(12-15(13)18(16)22)8-9-29-19(23)14(11-24-29)20-25-21(27-26-20)17-3-2-10-31-17/h2-5,10-11H,6-9,12,22-23H2,1H3,(H,25,26,27). The zero-order valence-corrected chi connectivity index (χ0v) is 17.6. The summed E-state index contributed by atoms with van der Waals surface area (Å²) in [5, 5.41) is 11.6. The lowest BCUT2D eigenvalue weighted by Crippen LogP contribution is -2.36. The molecule has 5 rings (SSSR count). The summed E-state index contributed by atoms with van der Waals surface area (Å²) < 4.78 is 12.7.